The molecule has 0 amide bonds. The van der Waals surface area contributed by atoms with E-state index in [-0.39, 0.29) is 29.7 Å². The van der Waals surface area contributed by atoms with E-state index in [0.29, 0.717) is 0 Å². The van der Waals surface area contributed by atoms with Gasteiger partial charge in [-0.1, -0.05) is 57.4 Å². The van der Waals surface area contributed by atoms with Gasteiger partial charge in [-0.25, -0.2) is 0 Å². The van der Waals surface area contributed by atoms with Crippen molar-refractivity contribution >= 4 is 0 Å². The molecule has 0 bridgehead atoms. The van der Waals surface area contributed by atoms with Crippen LogP contribution in [-0.4, -0.2) is 50.1 Å². The van der Waals surface area contributed by atoms with Gasteiger partial charge in [-0.2, -0.15) is 0 Å². The average Bonchev–Trinajstić information content (AvgIpc) is 2.16. The molecule has 0 atom stereocenters. The first-order valence-corrected chi connectivity index (χ1v) is 4.99. The second-order valence-electron chi connectivity index (χ2n) is 2.98. The third kappa shape index (κ3) is 37.0. The minimum atomic E-state index is 0. The molecule has 108 valence electrons. The summed E-state index contributed by atoms with van der Waals surface area (Å²) in [5.41, 5.74) is 0. The summed E-state index contributed by atoms with van der Waals surface area (Å²) in [7, 11) is 4.22. The second-order valence-corrected chi connectivity index (χ2v) is 2.98. The SMILES string of the molecule is C.C.C.C.CCN(C)CC.CCN(C)CC. The molecule has 0 spiro atoms. The van der Waals surface area contributed by atoms with Gasteiger partial charge in [0, 0.05) is 0 Å². The Labute approximate surface area is 108 Å². The maximum atomic E-state index is 2.25. The summed E-state index contributed by atoms with van der Waals surface area (Å²) < 4.78 is 0. The van der Waals surface area contributed by atoms with Crippen molar-refractivity contribution in [3.63, 3.8) is 0 Å². The van der Waals surface area contributed by atoms with Gasteiger partial charge in [0.15, 0.2) is 0 Å². The summed E-state index contributed by atoms with van der Waals surface area (Å²) >= 11 is 0. The molecule has 2 heteroatoms. The lowest BCUT2D eigenvalue weighted by molar-refractivity contribution is 0.373. The first kappa shape index (κ1) is 36.0. The first-order chi connectivity index (χ1) is 5.62. The van der Waals surface area contributed by atoms with Gasteiger partial charge in [0.05, 0.1) is 0 Å². The Morgan fingerprint density at radius 3 is 0.625 bits per heavy atom. The van der Waals surface area contributed by atoms with Crippen LogP contribution in [0.4, 0.5) is 0 Å². The molecule has 0 radical (unpaired) electrons. The van der Waals surface area contributed by atoms with Crippen molar-refractivity contribution in [2.45, 2.75) is 57.4 Å². The Morgan fingerprint density at radius 2 is 0.625 bits per heavy atom. The molecule has 0 heterocycles. The molecule has 0 fully saturated rings. The van der Waals surface area contributed by atoms with E-state index in [9.17, 15) is 0 Å². The van der Waals surface area contributed by atoms with Crippen LogP contribution in [0.2, 0.25) is 0 Å². The average molecular weight is 239 g/mol. The number of hydrogen-bond acceptors (Lipinski definition) is 2. The van der Waals surface area contributed by atoms with Crippen molar-refractivity contribution in [1.29, 1.82) is 0 Å². The summed E-state index contributed by atoms with van der Waals surface area (Å²) in [6.07, 6.45) is 0. The Hall–Kier alpha value is -0.0800. The number of rotatable bonds is 4. The van der Waals surface area contributed by atoms with Crippen molar-refractivity contribution in [3.8, 4) is 0 Å². The number of hydrogen-bond donors (Lipinski definition) is 0. The standard InChI is InChI=1S/2C5H13N.4CH4/c2*1-4-6(3)5-2;;;;/h2*4-5H2,1-3H3;4*1H4. The van der Waals surface area contributed by atoms with Crippen LogP contribution < -0.4 is 0 Å². The Balaban J connectivity index is -0.0000000250. The zero-order valence-electron chi connectivity index (χ0n) is 9.72. The normalized spacial score (nSPS) is 7.50. The van der Waals surface area contributed by atoms with Gasteiger partial charge in [-0.3, -0.25) is 0 Å². The van der Waals surface area contributed by atoms with Gasteiger partial charge in [-0.15, -0.1) is 0 Å². The Bertz CT molecular complexity index is 57.1. The molecular formula is C14H42N2. The zero-order chi connectivity index (χ0) is 9.98. The summed E-state index contributed by atoms with van der Waals surface area (Å²) in [5.74, 6) is 0. The molecule has 0 aliphatic carbocycles. The molecule has 0 aliphatic heterocycles. The molecule has 0 aromatic rings. The van der Waals surface area contributed by atoms with Crippen LogP contribution >= 0.6 is 0 Å². The van der Waals surface area contributed by atoms with E-state index < -0.39 is 0 Å². The van der Waals surface area contributed by atoms with Crippen LogP contribution in [0.1, 0.15) is 57.4 Å². The summed E-state index contributed by atoms with van der Waals surface area (Å²) in [5, 5.41) is 0. The monoisotopic (exact) mass is 238 g/mol. The zero-order valence-corrected chi connectivity index (χ0v) is 9.72. The molecule has 16 heavy (non-hydrogen) atoms. The summed E-state index contributed by atoms with van der Waals surface area (Å²) in [6.45, 7) is 13.3. The topological polar surface area (TPSA) is 6.48 Å². The van der Waals surface area contributed by atoms with Crippen LogP contribution in [0.15, 0.2) is 0 Å². The van der Waals surface area contributed by atoms with E-state index in [4.69, 9.17) is 0 Å². The predicted molar refractivity (Wildman–Crippen MR) is 84.6 cm³/mol. The highest BCUT2D eigenvalue weighted by atomic mass is 15.1. The van der Waals surface area contributed by atoms with Gasteiger partial charge in [0.2, 0.25) is 0 Å². The van der Waals surface area contributed by atoms with Gasteiger partial charge in [0.1, 0.15) is 0 Å². The molecule has 0 aliphatic rings. The molecule has 0 saturated heterocycles. The molecular weight excluding hydrogens is 196 g/mol. The van der Waals surface area contributed by atoms with Gasteiger partial charge in [-0.05, 0) is 40.3 Å². The van der Waals surface area contributed by atoms with Crippen molar-refractivity contribution in [1.82, 2.24) is 9.80 Å². The lowest BCUT2D eigenvalue weighted by Gasteiger charge is -2.07. The molecule has 2 nitrogen and oxygen atoms in total. The van der Waals surface area contributed by atoms with E-state index in [1.165, 1.54) is 0 Å². The van der Waals surface area contributed by atoms with Crippen LogP contribution in [0, 0.1) is 0 Å². The maximum Gasteiger partial charge on any atom is -0.00504 e. The number of nitrogens with zero attached hydrogens (tertiary/aromatic N) is 2. The lowest BCUT2D eigenvalue weighted by atomic mass is 10.6. The second kappa shape index (κ2) is 29.4. The van der Waals surface area contributed by atoms with E-state index in [2.05, 4.69) is 51.6 Å². The van der Waals surface area contributed by atoms with Crippen LogP contribution in [0.3, 0.4) is 0 Å². The summed E-state index contributed by atoms with van der Waals surface area (Å²) in [6, 6.07) is 0. The third-order valence-electron chi connectivity index (χ3n) is 2.16. The van der Waals surface area contributed by atoms with E-state index in [1.54, 1.807) is 0 Å². The van der Waals surface area contributed by atoms with Gasteiger partial charge in [0.25, 0.3) is 0 Å². The smallest absolute Gasteiger partial charge is 0.00504 e. The van der Waals surface area contributed by atoms with Crippen LogP contribution in [0.25, 0.3) is 0 Å². The van der Waals surface area contributed by atoms with Crippen LogP contribution in [-0.2, 0) is 0 Å². The van der Waals surface area contributed by atoms with Crippen molar-refractivity contribution in [2.75, 3.05) is 40.3 Å². The third-order valence-corrected chi connectivity index (χ3v) is 2.16. The lowest BCUT2D eigenvalue weighted by Crippen LogP contribution is -2.15. The van der Waals surface area contributed by atoms with E-state index >= 15 is 0 Å². The Kier molecular flexibility index (Phi) is 66.1. The predicted octanol–water partition coefficient (Wildman–Crippen LogP) is 4.46. The van der Waals surface area contributed by atoms with Gasteiger partial charge < -0.3 is 9.80 Å². The highest BCUT2D eigenvalue weighted by Gasteiger charge is 1.82. The fraction of sp³-hybridized carbons (Fsp3) is 1.00. The van der Waals surface area contributed by atoms with Crippen molar-refractivity contribution in [2.24, 2.45) is 0 Å². The molecule has 0 aromatic heterocycles. The molecule has 0 saturated carbocycles. The summed E-state index contributed by atoms with van der Waals surface area (Å²) in [4.78, 5) is 4.50. The molecule has 0 N–H and O–H groups in total. The molecule has 0 aromatic carbocycles. The quantitative estimate of drug-likeness (QED) is 0.713. The van der Waals surface area contributed by atoms with Crippen LogP contribution in [0.5, 0.6) is 0 Å². The van der Waals surface area contributed by atoms with E-state index in [0.717, 1.165) is 26.2 Å². The maximum absolute atomic E-state index is 2.25. The molecule has 0 rings (SSSR count). The highest BCUT2D eigenvalue weighted by molar-refractivity contribution is 4.36. The fourth-order valence-electron chi connectivity index (χ4n) is 0.447. The minimum absolute atomic E-state index is 0. The molecule has 0 unspecified atom stereocenters. The fourth-order valence-corrected chi connectivity index (χ4v) is 0.447. The van der Waals surface area contributed by atoms with Gasteiger partial charge >= 0.3 is 0 Å². The van der Waals surface area contributed by atoms with Crippen molar-refractivity contribution < 1.29 is 0 Å². The highest BCUT2D eigenvalue weighted by Crippen LogP contribution is 1.74. The van der Waals surface area contributed by atoms with E-state index in [1.807, 2.05) is 0 Å². The Morgan fingerprint density at radius 1 is 0.500 bits per heavy atom. The largest absolute Gasteiger partial charge is 0.307 e. The minimum Gasteiger partial charge on any atom is -0.307 e. The first-order valence-electron chi connectivity index (χ1n) is 4.99. The van der Waals surface area contributed by atoms with Crippen molar-refractivity contribution in [3.05, 3.63) is 0 Å².